The molecule has 42 heavy (non-hydrogen) atoms. The van der Waals surface area contributed by atoms with Crippen molar-refractivity contribution in [3.05, 3.63) is 6.65 Å². The van der Waals surface area contributed by atoms with Crippen LogP contribution in [-0.2, 0) is 22.0 Å². The molecule has 0 unspecified atom stereocenters. The predicted octanol–water partition coefficient (Wildman–Crippen LogP) is 13.6. The van der Waals surface area contributed by atoms with Gasteiger partial charge in [0.05, 0.1) is 0 Å². The van der Waals surface area contributed by atoms with Crippen molar-refractivity contribution in [1.29, 1.82) is 0 Å². The Bertz CT molecular complexity index is 516. The van der Waals surface area contributed by atoms with Gasteiger partial charge < -0.3 is 0 Å². The first kappa shape index (κ1) is 38.0. The molecule has 0 amide bonds. The molecule has 0 saturated heterocycles. The van der Waals surface area contributed by atoms with Gasteiger partial charge in [-0.25, -0.2) is 0 Å². The molecule has 0 N–H and O–H groups in total. The minimum absolute atomic E-state index is 0.385. The van der Waals surface area contributed by atoms with Crippen LogP contribution in [0.5, 0.6) is 0 Å². The maximum absolute atomic E-state index is 7.50. The SMILES string of the molecule is C1CCC(P(C2CCCCC2)C2CCCCC2)CC1.C1CCC(P(C2CCCCC2)C2CCCCC2)CC1.[C-]#[O+].[Cl][Ru+]. The van der Waals surface area contributed by atoms with Crippen LogP contribution in [0.4, 0.5) is 0 Å². The molecule has 6 saturated carbocycles. The molecule has 0 aromatic heterocycles. The van der Waals surface area contributed by atoms with Crippen LogP contribution in [0.25, 0.3) is 0 Å². The maximum atomic E-state index is 7.50. The van der Waals surface area contributed by atoms with Gasteiger partial charge in [-0.3, -0.25) is 0 Å². The Hall–Kier alpha value is 1.51. The molecule has 6 rings (SSSR count). The summed E-state index contributed by atoms with van der Waals surface area (Å²) < 4.78 is 7.50. The third-order valence-corrected chi connectivity index (χ3v) is 20.1. The quantitative estimate of drug-likeness (QED) is 0.112. The number of hydrogen-bond acceptors (Lipinski definition) is 0. The van der Waals surface area contributed by atoms with E-state index in [0.717, 1.165) is 0 Å². The van der Waals surface area contributed by atoms with Crippen molar-refractivity contribution in [2.24, 2.45) is 0 Å². The summed E-state index contributed by atoms with van der Waals surface area (Å²) in [5, 5.41) is 0. The number of rotatable bonds is 6. The van der Waals surface area contributed by atoms with E-state index >= 15 is 0 Å². The molecule has 0 atom stereocenters. The summed E-state index contributed by atoms with van der Waals surface area (Å²) in [7, 11) is 5.34. The standard InChI is InChI=1S/2C18H33P.CO.ClH.Ru/c2*1-4-10-16(11-5-1)19(17-12-6-2-7-13-17)18-14-8-3-9-15-18;1-2;;/h2*16-18H,1-15H2;;1H;/q;;;;+2/p-1. The summed E-state index contributed by atoms with van der Waals surface area (Å²) in [5.74, 6) is 0. The molecule has 6 fully saturated rings. The molecule has 0 radical (unpaired) electrons. The van der Waals surface area contributed by atoms with Crippen LogP contribution in [0.1, 0.15) is 193 Å². The Morgan fingerprint density at radius 1 is 0.310 bits per heavy atom. The van der Waals surface area contributed by atoms with Gasteiger partial charge in [0.15, 0.2) is 0 Å². The second-order valence-corrected chi connectivity index (χ2v) is 20.8. The van der Waals surface area contributed by atoms with Crippen LogP contribution in [0.15, 0.2) is 0 Å². The van der Waals surface area contributed by atoms with Gasteiger partial charge in [0.2, 0.25) is 0 Å². The van der Waals surface area contributed by atoms with Crippen molar-refractivity contribution < 1.29 is 22.0 Å². The van der Waals surface area contributed by atoms with E-state index in [1.54, 1.807) is 154 Å². The van der Waals surface area contributed by atoms with E-state index in [1.165, 1.54) is 72.5 Å². The second-order valence-electron chi connectivity index (χ2n) is 14.6. The fourth-order valence-electron chi connectivity index (χ4n) is 10.1. The van der Waals surface area contributed by atoms with Crippen LogP contribution in [-0.4, -0.2) is 34.0 Å². The molecule has 244 valence electrons. The summed E-state index contributed by atoms with van der Waals surface area (Å²) in [6, 6.07) is 0. The average Bonchev–Trinajstić information content (AvgIpc) is 3.10. The fourth-order valence-corrected chi connectivity index (χ4v) is 19.4. The van der Waals surface area contributed by atoms with Crippen molar-refractivity contribution in [3.63, 3.8) is 0 Å². The van der Waals surface area contributed by atoms with Crippen molar-refractivity contribution in [2.45, 2.75) is 227 Å². The van der Waals surface area contributed by atoms with Crippen LogP contribution in [0, 0.1) is 6.65 Å². The van der Waals surface area contributed by atoms with E-state index < -0.39 is 0 Å². The van der Waals surface area contributed by atoms with Gasteiger partial charge in [-0.15, -0.1) is 0 Å². The van der Waals surface area contributed by atoms with Gasteiger partial charge in [0.25, 0.3) is 0 Å². The molecule has 1 nitrogen and oxygen atoms in total. The molecular weight excluding hydrogens is 659 g/mol. The van der Waals surface area contributed by atoms with E-state index in [0.29, 0.717) is 15.8 Å². The Balaban J connectivity index is 0.000000206. The van der Waals surface area contributed by atoms with Crippen molar-refractivity contribution in [1.82, 2.24) is 0 Å². The monoisotopic (exact) mass is 725 g/mol. The average molecular weight is 725 g/mol. The summed E-state index contributed by atoms with van der Waals surface area (Å²) in [6.45, 7) is 4.50. The van der Waals surface area contributed by atoms with Gasteiger partial charge in [-0.1, -0.05) is 131 Å². The Morgan fingerprint density at radius 2 is 0.429 bits per heavy atom. The molecule has 0 heterocycles. The Morgan fingerprint density at radius 3 is 0.548 bits per heavy atom. The number of hydrogen-bond donors (Lipinski definition) is 0. The molecule has 0 aromatic carbocycles. The third-order valence-electron chi connectivity index (χ3n) is 12.0. The molecule has 0 spiro atoms. The molecule has 5 heteroatoms. The van der Waals surface area contributed by atoms with Crippen molar-refractivity contribution in [2.75, 3.05) is 0 Å². The van der Waals surface area contributed by atoms with Gasteiger partial charge in [0, 0.05) is 0 Å². The Labute approximate surface area is 279 Å². The fraction of sp³-hybridized carbons (Fsp3) is 0.973. The molecule has 6 aliphatic carbocycles. The predicted molar refractivity (Wildman–Crippen MR) is 185 cm³/mol. The van der Waals surface area contributed by atoms with E-state index in [2.05, 4.69) is 16.3 Å². The van der Waals surface area contributed by atoms with E-state index in [4.69, 9.17) is 4.65 Å². The topological polar surface area (TPSA) is 19.9 Å². The van der Waals surface area contributed by atoms with E-state index in [9.17, 15) is 0 Å². The van der Waals surface area contributed by atoms with Crippen LogP contribution in [0.2, 0.25) is 0 Å². The summed E-state index contributed by atoms with van der Waals surface area (Å²) >= 11 is 1.82. The van der Waals surface area contributed by atoms with Crippen molar-refractivity contribution >= 4 is 25.5 Å². The zero-order valence-electron chi connectivity index (χ0n) is 27.2. The molecule has 0 aliphatic heterocycles. The van der Waals surface area contributed by atoms with E-state index in [1.807, 2.05) is 17.3 Å². The Kier molecular flexibility index (Phi) is 21.5. The first-order valence-corrected chi connectivity index (χ1v) is 24.1. The van der Waals surface area contributed by atoms with Crippen LogP contribution >= 0.6 is 25.5 Å². The first-order chi connectivity index (χ1) is 20.9. The van der Waals surface area contributed by atoms with Gasteiger partial charge in [-0.05, 0) is 111 Å². The molecule has 0 aromatic rings. The zero-order chi connectivity index (χ0) is 29.8. The minimum atomic E-state index is 0.385. The summed E-state index contributed by atoms with van der Waals surface area (Å²) in [6.07, 6.45) is 47.2. The first-order valence-electron chi connectivity index (χ1n) is 18.8. The molecule has 0 bridgehead atoms. The second kappa shape index (κ2) is 23.8. The molecular formula is C37H66ClOP2Ru+. The van der Waals surface area contributed by atoms with Crippen LogP contribution in [0.3, 0.4) is 0 Å². The molecule has 6 aliphatic rings. The normalized spacial score (nSPS) is 26.3. The van der Waals surface area contributed by atoms with Gasteiger partial charge in [0.1, 0.15) is 0 Å². The van der Waals surface area contributed by atoms with Gasteiger partial charge >= 0.3 is 38.3 Å². The zero-order valence-corrected chi connectivity index (χ0v) is 31.5. The third kappa shape index (κ3) is 12.6. The van der Waals surface area contributed by atoms with Crippen LogP contribution < -0.4 is 0 Å². The number of halogens is 1. The summed E-state index contributed by atoms with van der Waals surface area (Å²) in [5.41, 5.74) is 7.14. The van der Waals surface area contributed by atoms with Crippen molar-refractivity contribution in [3.8, 4) is 0 Å². The van der Waals surface area contributed by atoms with E-state index in [-0.39, 0.29) is 0 Å². The van der Waals surface area contributed by atoms with Gasteiger partial charge in [-0.2, -0.15) is 0 Å². The summed E-state index contributed by atoms with van der Waals surface area (Å²) in [4.78, 5) is 0.